The highest BCUT2D eigenvalue weighted by molar-refractivity contribution is 6.32. The predicted octanol–water partition coefficient (Wildman–Crippen LogP) is 1.32. The Hall–Kier alpha value is -2.19. The molecule has 0 aliphatic heterocycles. The van der Waals surface area contributed by atoms with E-state index in [1.165, 1.54) is 6.07 Å². The van der Waals surface area contributed by atoms with Gasteiger partial charge in [0.1, 0.15) is 23.3 Å². The molecule has 2 aromatic heterocycles. The molecular weight excluding hydrogens is 334 g/mol. The fourth-order valence-electron chi connectivity index (χ4n) is 2.78. The van der Waals surface area contributed by atoms with Crippen LogP contribution in [0.25, 0.3) is 0 Å². The van der Waals surface area contributed by atoms with Crippen molar-refractivity contribution in [3.05, 3.63) is 49.1 Å². The standard InChI is InChI=1S/C15H18ClN5O3/c1-7-17-14(13(16)15(23)18-7)19-9-3-8(4-9)10-5-12(22)21-11(20-10)6-24-2/h5,8-9H,3-4,6H2,1-2H3,(H,20,21,22)(H2,17,18,19,23). The van der Waals surface area contributed by atoms with Crippen molar-refractivity contribution in [3.8, 4) is 0 Å². The molecule has 1 aliphatic carbocycles. The Morgan fingerprint density at radius 2 is 2.08 bits per heavy atom. The average molecular weight is 352 g/mol. The molecule has 0 amide bonds. The van der Waals surface area contributed by atoms with Crippen LogP contribution in [-0.2, 0) is 11.3 Å². The third-order valence-electron chi connectivity index (χ3n) is 3.97. The lowest BCUT2D eigenvalue weighted by atomic mass is 9.78. The van der Waals surface area contributed by atoms with Gasteiger partial charge in [0.15, 0.2) is 5.82 Å². The molecule has 24 heavy (non-hydrogen) atoms. The summed E-state index contributed by atoms with van der Waals surface area (Å²) in [5, 5.41) is 3.24. The van der Waals surface area contributed by atoms with Crippen molar-refractivity contribution < 1.29 is 4.74 Å². The van der Waals surface area contributed by atoms with E-state index >= 15 is 0 Å². The third-order valence-corrected chi connectivity index (χ3v) is 4.32. The van der Waals surface area contributed by atoms with Gasteiger partial charge in [0.2, 0.25) is 0 Å². The van der Waals surface area contributed by atoms with Gasteiger partial charge in [-0.25, -0.2) is 9.97 Å². The van der Waals surface area contributed by atoms with Crippen molar-refractivity contribution >= 4 is 17.4 Å². The maximum atomic E-state index is 11.7. The van der Waals surface area contributed by atoms with Crippen LogP contribution in [0, 0.1) is 6.92 Å². The Labute approximate surface area is 142 Å². The van der Waals surface area contributed by atoms with Crippen molar-refractivity contribution in [1.29, 1.82) is 0 Å². The van der Waals surface area contributed by atoms with Crippen LogP contribution in [0.4, 0.5) is 5.82 Å². The lowest BCUT2D eigenvalue weighted by Crippen LogP contribution is -2.36. The number of nitrogens with zero attached hydrogens (tertiary/aromatic N) is 2. The summed E-state index contributed by atoms with van der Waals surface area (Å²) in [6.45, 7) is 1.97. The molecule has 3 rings (SSSR count). The lowest BCUT2D eigenvalue weighted by molar-refractivity contribution is 0.177. The zero-order chi connectivity index (χ0) is 17.3. The van der Waals surface area contributed by atoms with Crippen LogP contribution in [-0.4, -0.2) is 33.1 Å². The summed E-state index contributed by atoms with van der Waals surface area (Å²) in [7, 11) is 1.55. The van der Waals surface area contributed by atoms with Crippen LogP contribution in [0.3, 0.4) is 0 Å². The summed E-state index contributed by atoms with van der Waals surface area (Å²) >= 11 is 5.98. The van der Waals surface area contributed by atoms with Gasteiger partial charge in [-0.2, -0.15) is 0 Å². The first-order chi connectivity index (χ1) is 11.5. The number of H-pyrrole nitrogens is 2. The maximum Gasteiger partial charge on any atom is 0.271 e. The van der Waals surface area contributed by atoms with E-state index in [0.29, 0.717) is 17.5 Å². The number of aromatic nitrogens is 4. The molecule has 0 atom stereocenters. The quantitative estimate of drug-likeness (QED) is 0.748. The molecule has 0 saturated heterocycles. The number of anilines is 1. The van der Waals surface area contributed by atoms with Crippen LogP contribution < -0.4 is 16.4 Å². The third kappa shape index (κ3) is 3.49. The molecule has 0 spiro atoms. The number of hydrogen-bond donors (Lipinski definition) is 3. The summed E-state index contributed by atoms with van der Waals surface area (Å²) in [5.74, 6) is 1.59. The molecule has 8 nitrogen and oxygen atoms in total. The molecule has 2 aromatic rings. The Morgan fingerprint density at radius 3 is 2.79 bits per heavy atom. The van der Waals surface area contributed by atoms with Gasteiger partial charge in [-0.15, -0.1) is 0 Å². The largest absolute Gasteiger partial charge is 0.377 e. The fourth-order valence-corrected chi connectivity index (χ4v) is 2.92. The van der Waals surface area contributed by atoms with Gasteiger partial charge in [0, 0.05) is 25.1 Å². The zero-order valence-electron chi connectivity index (χ0n) is 13.4. The predicted molar refractivity (Wildman–Crippen MR) is 89.6 cm³/mol. The van der Waals surface area contributed by atoms with Gasteiger partial charge in [0.05, 0.1) is 5.69 Å². The van der Waals surface area contributed by atoms with Crippen molar-refractivity contribution in [2.45, 2.75) is 38.3 Å². The van der Waals surface area contributed by atoms with Gasteiger partial charge in [-0.1, -0.05) is 11.6 Å². The van der Waals surface area contributed by atoms with E-state index in [1.807, 2.05) is 0 Å². The SMILES string of the molecule is COCc1nc(C2CC(Nc3nc(C)[nH]c(=O)c3Cl)C2)cc(=O)[nH]1. The number of ether oxygens (including phenoxy) is 1. The van der Waals surface area contributed by atoms with Gasteiger partial charge in [-0.05, 0) is 19.8 Å². The highest BCUT2D eigenvalue weighted by atomic mass is 35.5. The van der Waals surface area contributed by atoms with E-state index in [9.17, 15) is 9.59 Å². The smallest absolute Gasteiger partial charge is 0.271 e. The van der Waals surface area contributed by atoms with Crippen LogP contribution >= 0.6 is 11.6 Å². The minimum Gasteiger partial charge on any atom is -0.377 e. The summed E-state index contributed by atoms with van der Waals surface area (Å²) in [5.41, 5.74) is 0.214. The molecule has 0 bridgehead atoms. The molecule has 0 radical (unpaired) electrons. The highest BCUT2D eigenvalue weighted by Crippen LogP contribution is 2.37. The second kappa shape index (κ2) is 6.74. The van der Waals surface area contributed by atoms with E-state index in [2.05, 4.69) is 25.3 Å². The van der Waals surface area contributed by atoms with E-state index in [1.54, 1.807) is 14.0 Å². The summed E-state index contributed by atoms with van der Waals surface area (Å²) in [6.07, 6.45) is 1.57. The van der Waals surface area contributed by atoms with Crippen molar-refractivity contribution in [2.75, 3.05) is 12.4 Å². The minimum absolute atomic E-state index is 0.0562. The lowest BCUT2D eigenvalue weighted by Gasteiger charge is -2.35. The topological polar surface area (TPSA) is 113 Å². The number of methoxy groups -OCH3 is 1. The normalized spacial score (nSPS) is 19.8. The van der Waals surface area contributed by atoms with E-state index in [4.69, 9.17) is 16.3 Å². The van der Waals surface area contributed by atoms with E-state index < -0.39 is 0 Å². The summed E-state index contributed by atoms with van der Waals surface area (Å²) < 4.78 is 5.00. The minimum atomic E-state index is -0.358. The number of rotatable bonds is 5. The van der Waals surface area contributed by atoms with E-state index in [-0.39, 0.29) is 34.7 Å². The van der Waals surface area contributed by atoms with Crippen LogP contribution in [0.5, 0.6) is 0 Å². The summed E-state index contributed by atoms with van der Waals surface area (Å²) in [4.78, 5) is 37.2. The Kier molecular flexibility index (Phi) is 4.68. The fraction of sp³-hybridized carbons (Fsp3) is 0.467. The van der Waals surface area contributed by atoms with Gasteiger partial charge in [-0.3, -0.25) is 9.59 Å². The van der Waals surface area contributed by atoms with Gasteiger partial charge in [0.25, 0.3) is 11.1 Å². The highest BCUT2D eigenvalue weighted by Gasteiger charge is 2.32. The first kappa shape index (κ1) is 16.7. The number of nitrogens with one attached hydrogen (secondary N) is 3. The van der Waals surface area contributed by atoms with Crippen molar-refractivity contribution in [1.82, 2.24) is 19.9 Å². The maximum absolute atomic E-state index is 11.7. The number of hydrogen-bond acceptors (Lipinski definition) is 6. The summed E-state index contributed by atoms with van der Waals surface area (Å²) in [6, 6.07) is 1.65. The molecule has 3 N–H and O–H groups in total. The zero-order valence-corrected chi connectivity index (χ0v) is 14.1. The molecule has 0 aromatic carbocycles. The number of aryl methyl sites for hydroxylation is 1. The molecule has 128 valence electrons. The second-order valence-electron chi connectivity index (χ2n) is 5.87. The Bertz CT molecular complexity index is 857. The van der Waals surface area contributed by atoms with Crippen LogP contribution in [0.1, 0.15) is 36.1 Å². The molecule has 2 heterocycles. The molecule has 1 aliphatic rings. The first-order valence-corrected chi connectivity index (χ1v) is 7.96. The Balaban J connectivity index is 1.68. The molecule has 0 unspecified atom stereocenters. The molecule has 1 saturated carbocycles. The van der Waals surface area contributed by atoms with E-state index in [0.717, 1.165) is 18.5 Å². The van der Waals surface area contributed by atoms with Crippen molar-refractivity contribution in [2.24, 2.45) is 0 Å². The molecule has 9 heteroatoms. The number of halogens is 1. The van der Waals surface area contributed by atoms with Crippen molar-refractivity contribution in [3.63, 3.8) is 0 Å². The average Bonchev–Trinajstić information content (AvgIpc) is 2.46. The Morgan fingerprint density at radius 1 is 1.33 bits per heavy atom. The van der Waals surface area contributed by atoms with Gasteiger partial charge < -0.3 is 20.0 Å². The second-order valence-corrected chi connectivity index (χ2v) is 6.25. The van der Waals surface area contributed by atoms with Crippen LogP contribution in [0.15, 0.2) is 15.7 Å². The molecular formula is C15H18ClN5O3. The van der Waals surface area contributed by atoms with Crippen LogP contribution in [0.2, 0.25) is 5.02 Å². The van der Waals surface area contributed by atoms with Gasteiger partial charge >= 0.3 is 0 Å². The molecule has 1 fully saturated rings. The number of aromatic amines is 2. The first-order valence-electron chi connectivity index (χ1n) is 7.58. The monoisotopic (exact) mass is 351 g/mol.